The molecule has 5 nitrogen and oxygen atoms in total. The van der Waals surface area contributed by atoms with Gasteiger partial charge in [-0.05, 0) is 19.8 Å². The van der Waals surface area contributed by atoms with E-state index in [9.17, 15) is 5.11 Å². The van der Waals surface area contributed by atoms with Crippen molar-refractivity contribution in [1.29, 1.82) is 0 Å². The van der Waals surface area contributed by atoms with Crippen LogP contribution in [-0.4, -0.2) is 38.9 Å². The monoisotopic (exact) mass is 257 g/mol. The van der Waals surface area contributed by atoms with E-state index in [1.165, 1.54) is 0 Å². The van der Waals surface area contributed by atoms with Crippen molar-refractivity contribution in [3.05, 3.63) is 17.0 Å². The third-order valence-electron chi connectivity index (χ3n) is 2.65. The highest BCUT2D eigenvalue weighted by molar-refractivity contribution is 6.29. The molecule has 1 saturated carbocycles. The first-order chi connectivity index (χ1) is 8.00. The number of hydrogen-bond donors (Lipinski definition) is 3. The Morgan fingerprint density at radius 1 is 1.53 bits per heavy atom. The number of hydrogen-bond acceptors (Lipinski definition) is 5. The molecule has 0 aromatic carbocycles. The molecule has 3 N–H and O–H groups in total. The lowest BCUT2D eigenvalue weighted by Gasteiger charge is -2.21. The lowest BCUT2D eigenvalue weighted by molar-refractivity contribution is 0.0131. The molecule has 2 rings (SSSR count). The van der Waals surface area contributed by atoms with Gasteiger partial charge in [0.25, 0.3) is 0 Å². The number of anilines is 1. The largest absolute Gasteiger partial charge is 0.393 e. The van der Waals surface area contributed by atoms with E-state index < -0.39 is 5.60 Å². The van der Waals surface area contributed by atoms with Crippen molar-refractivity contribution in [2.75, 3.05) is 18.5 Å². The first-order valence-corrected chi connectivity index (χ1v) is 5.99. The lowest BCUT2D eigenvalue weighted by atomic mass is 10.1. The Bertz CT molecular complexity index is 408. The van der Waals surface area contributed by atoms with Gasteiger partial charge in [-0.3, -0.25) is 0 Å². The van der Waals surface area contributed by atoms with Crippen LogP contribution in [0.2, 0.25) is 5.15 Å². The molecule has 1 fully saturated rings. The Kier molecular flexibility index (Phi) is 3.51. The molecular formula is C11H16ClN3O2. The summed E-state index contributed by atoms with van der Waals surface area (Å²) in [7, 11) is 0. The minimum atomic E-state index is -1.17. The molecule has 1 atom stereocenters. The molecule has 1 heterocycles. The summed E-state index contributed by atoms with van der Waals surface area (Å²) in [5.74, 6) is 1.76. The molecule has 0 radical (unpaired) electrons. The lowest BCUT2D eigenvalue weighted by Crippen LogP contribution is -2.37. The molecule has 0 saturated heterocycles. The van der Waals surface area contributed by atoms with E-state index >= 15 is 0 Å². The van der Waals surface area contributed by atoms with Crippen LogP contribution in [0.15, 0.2) is 6.07 Å². The third-order valence-corrected chi connectivity index (χ3v) is 2.84. The standard InChI is InChI=1S/C11H16ClN3O2/c1-11(17,6-16)5-13-9-4-8(12)14-10(15-9)7-2-3-7/h4,7,16-17H,2-3,5-6H2,1H3,(H,13,14,15). The van der Waals surface area contributed by atoms with E-state index in [4.69, 9.17) is 16.7 Å². The Labute approximate surface area is 105 Å². The molecule has 1 aromatic rings. The second-order valence-corrected chi connectivity index (χ2v) is 5.10. The fourth-order valence-electron chi connectivity index (χ4n) is 1.39. The Morgan fingerprint density at radius 3 is 2.82 bits per heavy atom. The highest BCUT2D eigenvalue weighted by Gasteiger charge is 2.27. The average molecular weight is 258 g/mol. The van der Waals surface area contributed by atoms with Crippen LogP contribution >= 0.6 is 11.6 Å². The topological polar surface area (TPSA) is 78.3 Å². The van der Waals surface area contributed by atoms with Crippen LogP contribution in [-0.2, 0) is 0 Å². The maximum absolute atomic E-state index is 9.66. The van der Waals surface area contributed by atoms with Gasteiger partial charge in [-0.1, -0.05) is 11.6 Å². The Hall–Kier alpha value is -0.910. The molecule has 1 aliphatic rings. The van der Waals surface area contributed by atoms with Crippen LogP contribution in [0.5, 0.6) is 0 Å². The van der Waals surface area contributed by atoms with Crippen molar-refractivity contribution < 1.29 is 10.2 Å². The van der Waals surface area contributed by atoms with E-state index in [1.807, 2.05) is 0 Å². The minimum Gasteiger partial charge on any atom is -0.393 e. The maximum Gasteiger partial charge on any atom is 0.135 e. The Balaban J connectivity index is 2.05. The van der Waals surface area contributed by atoms with Crippen LogP contribution in [0, 0.1) is 0 Å². The summed E-state index contributed by atoms with van der Waals surface area (Å²) in [6, 6.07) is 1.61. The summed E-state index contributed by atoms with van der Waals surface area (Å²) in [4.78, 5) is 8.50. The van der Waals surface area contributed by atoms with Gasteiger partial charge >= 0.3 is 0 Å². The highest BCUT2D eigenvalue weighted by Crippen LogP contribution is 2.38. The average Bonchev–Trinajstić information content (AvgIpc) is 3.10. The van der Waals surface area contributed by atoms with Crippen LogP contribution in [0.25, 0.3) is 0 Å². The van der Waals surface area contributed by atoms with Gasteiger partial charge < -0.3 is 15.5 Å². The molecule has 1 unspecified atom stereocenters. The number of aliphatic hydroxyl groups excluding tert-OH is 1. The van der Waals surface area contributed by atoms with Crippen molar-refractivity contribution >= 4 is 17.4 Å². The van der Waals surface area contributed by atoms with Gasteiger partial charge in [-0.25, -0.2) is 9.97 Å². The zero-order valence-electron chi connectivity index (χ0n) is 9.65. The molecule has 0 amide bonds. The molecule has 1 aliphatic carbocycles. The van der Waals surface area contributed by atoms with Gasteiger partial charge in [0.1, 0.15) is 22.4 Å². The van der Waals surface area contributed by atoms with E-state index in [0.717, 1.165) is 18.7 Å². The minimum absolute atomic E-state index is 0.209. The predicted octanol–water partition coefficient (Wildman–Crippen LogP) is 1.16. The normalized spacial score (nSPS) is 18.8. The van der Waals surface area contributed by atoms with Gasteiger partial charge in [-0.2, -0.15) is 0 Å². The number of nitrogens with one attached hydrogen (secondary N) is 1. The van der Waals surface area contributed by atoms with E-state index in [0.29, 0.717) is 16.9 Å². The van der Waals surface area contributed by atoms with Gasteiger partial charge in [0.2, 0.25) is 0 Å². The van der Waals surface area contributed by atoms with E-state index in [2.05, 4.69) is 15.3 Å². The molecule has 6 heteroatoms. The van der Waals surface area contributed by atoms with E-state index in [-0.39, 0.29) is 13.2 Å². The van der Waals surface area contributed by atoms with Crippen molar-refractivity contribution in [1.82, 2.24) is 9.97 Å². The zero-order chi connectivity index (χ0) is 12.5. The SMILES string of the molecule is CC(O)(CO)CNc1cc(Cl)nc(C2CC2)n1. The molecule has 94 valence electrons. The summed E-state index contributed by atoms with van der Waals surface area (Å²) in [5.41, 5.74) is -1.17. The molecular weight excluding hydrogens is 242 g/mol. The van der Waals surface area contributed by atoms with Gasteiger partial charge in [0.15, 0.2) is 0 Å². The molecule has 0 bridgehead atoms. The molecule has 0 aliphatic heterocycles. The summed E-state index contributed by atoms with van der Waals surface area (Å²) in [6.45, 7) is 1.44. The highest BCUT2D eigenvalue weighted by atomic mass is 35.5. The van der Waals surface area contributed by atoms with Crippen LogP contribution < -0.4 is 5.32 Å². The maximum atomic E-state index is 9.66. The number of aliphatic hydroxyl groups is 2. The van der Waals surface area contributed by atoms with Crippen LogP contribution in [0.3, 0.4) is 0 Å². The summed E-state index contributed by atoms with van der Waals surface area (Å²) in [5, 5.41) is 21.9. The molecule has 0 spiro atoms. The summed E-state index contributed by atoms with van der Waals surface area (Å²) >= 11 is 5.90. The number of rotatable bonds is 5. The fraction of sp³-hybridized carbons (Fsp3) is 0.636. The van der Waals surface area contributed by atoms with Gasteiger partial charge in [-0.15, -0.1) is 0 Å². The number of nitrogens with zero attached hydrogens (tertiary/aromatic N) is 2. The third kappa shape index (κ3) is 3.52. The summed E-state index contributed by atoms with van der Waals surface area (Å²) in [6.07, 6.45) is 2.21. The smallest absolute Gasteiger partial charge is 0.135 e. The second kappa shape index (κ2) is 4.76. The summed E-state index contributed by atoms with van der Waals surface area (Å²) < 4.78 is 0. The van der Waals surface area contributed by atoms with Crippen LogP contribution in [0.1, 0.15) is 31.5 Å². The van der Waals surface area contributed by atoms with Gasteiger partial charge in [0.05, 0.1) is 6.61 Å². The predicted molar refractivity (Wildman–Crippen MR) is 65.2 cm³/mol. The van der Waals surface area contributed by atoms with Crippen molar-refractivity contribution in [3.63, 3.8) is 0 Å². The van der Waals surface area contributed by atoms with Crippen LogP contribution in [0.4, 0.5) is 5.82 Å². The fourth-order valence-corrected chi connectivity index (χ4v) is 1.58. The molecule has 17 heavy (non-hydrogen) atoms. The number of halogens is 1. The Morgan fingerprint density at radius 2 is 2.24 bits per heavy atom. The van der Waals surface area contributed by atoms with E-state index in [1.54, 1.807) is 13.0 Å². The van der Waals surface area contributed by atoms with Gasteiger partial charge in [0, 0.05) is 18.5 Å². The van der Waals surface area contributed by atoms with Crippen molar-refractivity contribution in [2.45, 2.75) is 31.3 Å². The first kappa shape index (κ1) is 12.5. The van der Waals surface area contributed by atoms with Crippen molar-refractivity contribution in [3.8, 4) is 0 Å². The zero-order valence-corrected chi connectivity index (χ0v) is 10.4. The first-order valence-electron chi connectivity index (χ1n) is 5.62. The molecule has 1 aromatic heterocycles. The second-order valence-electron chi connectivity index (χ2n) is 4.72. The number of aromatic nitrogens is 2. The quantitative estimate of drug-likeness (QED) is 0.690. The van der Waals surface area contributed by atoms with Crippen molar-refractivity contribution in [2.24, 2.45) is 0 Å².